The normalized spacial score (nSPS) is 26.7. The summed E-state index contributed by atoms with van der Waals surface area (Å²) < 4.78 is 5.27. The van der Waals surface area contributed by atoms with E-state index in [9.17, 15) is 4.79 Å². The van der Waals surface area contributed by atoms with Crippen LogP contribution in [0.5, 0.6) is 0 Å². The minimum Gasteiger partial charge on any atom is -0.444 e. The minimum absolute atomic E-state index is 0.313. The standard InChI is InChI=1S/C19H36N2O2/c1-19(2,3)23-18(22)21-14-13-20-17-12-8-7-11-16(17)15-9-5-4-6-10-15/h15-17,20H,4-14H2,1-3H3,(H,21,22). The molecule has 2 atom stereocenters. The van der Waals surface area contributed by atoms with Gasteiger partial charge in [-0.2, -0.15) is 0 Å². The van der Waals surface area contributed by atoms with Crippen LogP contribution in [0, 0.1) is 11.8 Å². The first-order chi connectivity index (χ1) is 11.0. The number of nitrogens with one attached hydrogen (secondary N) is 2. The van der Waals surface area contributed by atoms with Gasteiger partial charge in [-0.3, -0.25) is 0 Å². The Labute approximate surface area is 142 Å². The average Bonchev–Trinajstić information content (AvgIpc) is 2.51. The number of rotatable bonds is 5. The maximum atomic E-state index is 11.7. The summed E-state index contributed by atoms with van der Waals surface area (Å²) in [5.41, 5.74) is -0.424. The number of alkyl carbamates (subject to hydrolysis) is 1. The molecule has 4 heteroatoms. The number of carbonyl (C=O) groups excluding carboxylic acids is 1. The Morgan fingerprint density at radius 2 is 1.61 bits per heavy atom. The van der Waals surface area contributed by atoms with E-state index in [0.29, 0.717) is 12.6 Å². The Morgan fingerprint density at radius 1 is 0.957 bits per heavy atom. The first-order valence-electron chi connectivity index (χ1n) is 9.66. The second-order valence-corrected chi connectivity index (χ2v) is 8.34. The quantitative estimate of drug-likeness (QED) is 0.744. The molecule has 2 saturated carbocycles. The fraction of sp³-hybridized carbons (Fsp3) is 0.947. The molecule has 0 aromatic heterocycles. The maximum Gasteiger partial charge on any atom is 0.407 e. The molecular formula is C19H36N2O2. The van der Waals surface area contributed by atoms with E-state index in [2.05, 4.69) is 10.6 Å². The smallest absolute Gasteiger partial charge is 0.407 e. The lowest BCUT2D eigenvalue weighted by Gasteiger charge is -2.39. The molecule has 4 nitrogen and oxygen atoms in total. The van der Waals surface area contributed by atoms with E-state index in [1.165, 1.54) is 57.8 Å². The van der Waals surface area contributed by atoms with Gasteiger partial charge in [-0.15, -0.1) is 0 Å². The molecule has 0 heterocycles. The largest absolute Gasteiger partial charge is 0.444 e. The molecule has 0 aliphatic heterocycles. The van der Waals surface area contributed by atoms with Gasteiger partial charge < -0.3 is 15.4 Å². The minimum atomic E-state index is -0.424. The van der Waals surface area contributed by atoms with E-state index in [-0.39, 0.29) is 6.09 Å². The highest BCUT2D eigenvalue weighted by Gasteiger charge is 2.32. The summed E-state index contributed by atoms with van der Waals surface area (Å²) in [5.74, 6) is 1.78. The molecule has 0 spiro atoms. The third-order valence-corrected chi connectivity index (χ3v) is 5.27. The molecule has 1 amide bonds. The molecule has 134 valence electrons. The summed E-state index contributed by atoms with van der Waals surface area (Å²) in [6, 6.07) is 0.646. The van der Waals surface area contributed by atoms with E-state index < -0.39 is 5.60 Å². The van der Waals surface area contributed by atoms with Crippen molar-refractivity contribution in [3.8, 4) is 0 Å². The number of ether oxygens (including phenoxy) is 1. The molecule has 0 radical (unpaired) electrons. The van der Waals surface area contributed by atoms with Crippen molar-refractivity contribution in [3.05, 3.63) is 0 Å². The summed E-state index contributed by atoms with van der Waals surface area (Å²) in [4.78, 5) is 11.7. The third kappa shape index (κ3) is 6.70. The molecular weight excluding hydrogens is 288 g/mol. The van der Waals surface area contributed by atoms with Crippen LogP contribution in [0.3, 0.4) is 0 Å². The Morgan fingerprint density at radius 3 is 2.30 bits per heavy atom. The summed E-state index contributed by atoms with van der Waals surface area (Å²) in [6.07, 6.45) is 12.3. The van der Waals surface area contributed by atoms with Crippen LogP contribution in [-0.4, -0.2) is 30.8 Å². The van der Waals surface area contributed by atoms with Crippen molar-refractivity contribution < 1.29 is 9.53 Å². The van der Waals surface area contributed by atoms with Crippen molar-refractivity contribution in [1.29, 1.82) is 0 Å². The van der Waals surface area contributed by atoms with E-state index in [1.54, 1.807) is 0 Å². The van der Waals surface area contributed by atoms with Crippen molar-refractivity contribution in [1.82, 2.24) is 10.6 Å². The summed E-state index contributed by atoms with van der Waals surface area (Å²) >= 11 is 0. The van der Waals surface area contributed by atoms with Gasteiger partial charge in [0.25, 0.3) is 0 Å². The Hall–Kier alpha value is -0.770. The van der Waals surface area contributed by atoms with E-state index in [4.69, 9.17) is 4.74 Å². The molecule has 0 aromatic rings. The van der Waals surface area contributed by atoms with Gasteiger partial charge in [-0.05, 0) is 45.4 Å². The lowest BCUT2D eigenvalue weighted by atomic mass is 9.71. The lowest BCUT2D eigenvalue weighted by molar-refractivity contribution is 0.0526. The third-order valence-electron chi connectivity index (χ3n) is 5.27. The van der Waals surface area contributed by atoms with Crippen molar-refractivity contribution in [2.75, 3.05) is 13.1 Å². The molecule has 0 saturated heterocycles. The summed E-state index contributed by atoms with van der Waals surface area (Å²) in [5, 5.41) is 6.57. The molecule has 0 bridgehead atoms. The van der Waals surface area contributed by atoms with Crippen LogP contribution in [0.2, 0.25) is 0 Å². The number of hydrogen-bond donors (Lipinski definition) is 2. The predicted molar refractivity (Wildman–Crippen MR) is 94.6 cm³/mol. The number of hydrogen-bond acceptors (Lipinski definition) is 3. The molecule has 2 aliphatic carbocycles. The number of amides is 1. The Balaban J connectivity index is 1.69. The first kappa shape index (κ1) is 18.6. The maximum absolute atomic E-state index is 11.7. The molecule has 0 aromatic carbocycles. The van der Waals surface area contributed by atoms with Gasteiger partial charge in [-0.25, -0.2) is 4.79 Å². The van der Waals surface area contributed by atoms with Crippen LogP contribution in [0.25, 0.3) is 0 Å². The Bertz CT molecular complexity index is 359. The van der Waals surface area contributed by atoms with Crippen molar-refractivity contribution in [2.24, 2.45) is 11.8 Å². The van der Waals surface area contributed by atoms with Crippen LogP contribution in [-0.2, 0) is 4.74 Å². The fourth-order valence-electron chi connectivity index (χ4n) is 4.28. The van der Waals surface area contributed by atoms with Crippen LogP contribution < -0.4 is 10.6 Å². The van der Waals surface area contributed by atoms with Gasteiger partial charge in [-0.1, -0.05) is 44.9 Å². The highest BCUT2D eigenvalue weighted by atomic mass is 16.6. The highest BCUT2D eigenvalue weighted by Crippen LogP contribution is 2.38. The van der Waals surface area contributed by atoms with E-state index in [0.717, 1.165) is 18.4 Å². The monoisotopic (exact) mass is 324 g/mol. The van der Waals surface area contributed by atoms with Gasteiger partial charge in [0.05, 0.1) is 0 Å². The van der Waals surface area contributed by atoms with Gasteiger partial charge in [0.15, 0.2) is 0 Å². The van der Waals surface area contributed by atoms with Crippen molar-refractivity contribution in [3.63, 3.8) is 0 Å². The van der Waals surface area contributed by atoms with Crippen LogP contribution in [0.1, 0.15) is 78.6 Å². The second kappa shape index (κ2) is 8.91. The van der Waals surface area contributed by atoms with Crippen LogP contribution >= 0.6 is 0 Å². The molecule has 23 heavy (non-hydrogen) atoms. The van der Waals surface area contributed by atoms with Gasteiger partial charge >= 0.3 is 6.09 Å². The predicted octanol–water partition coefficient (Wildman–Crippen LogP) is 4.24. The summed E-state index contributed by atoms with van der Waals surface area (Å²) in [7, 11) is 0. The zero-order valence-electron chi connectivity index (χ0n) is 15.3. The van der Waals surface area contributed by atoms with Gasteiger partial charge in [0, 0.05) is 19.1 Å². The summed E-state index contributed by atoms with van der Waals surface area (Å²) in [6.45, 7) is 7.15. The molecule has 2 N–H and O–H groups in total. The average molecular weight is 325 g/mol. The van der Waals surface area contributed by atoms with Gasteiger partial charge in [0.1, 0.15) is 5.60 Å². The van der Waals surface area contributed by atoms with Crippen LogP contribution in [0.15, 0.2) is 0 Å². The van der Waals surface area contributed by atoms with E-state index >= 15 is 0 Å². The van der Waals surface area contributed by atoms with Crippen molar-refractivity contribution >= 4 is 6.09 Å². The molecule has 2 fully saturated rings. The molecule has 2 aliphatic rings. The first-order valence-corrected chi connectivity index (χ1v) is 9.66. The van der Waals surface area contributed by atoms with E-state index in [1.807, 2.05) is 20.8 Å². The highest BCUT2D eigenvalue weighted by molar-refractivity contribution is 5.67. The zero-order valence-corrected chi connectivity index (χ0v) is 15.3. The topological polar surface area (TPSA) is 50.4 Å². The lowest BCUT2D eigenvalue weighted by Crippen LogP contribution is -2.45. The molecule has 2 rings (SSSR count). The second-order valence-electron chi connectivity index (χ2n) is 8.34. The zero-order chi connectivity index (χ0) is 16.7. The fourth-order valence-corrected chi connectivity index (χ4v) is 4.28. The van der Waals surface area contributed by atoms with Gasteiger partial charge in [0.2, 0.25) is 0 Å². The Kier molecular flexibility index (Phi) is 7.19. The van der Waals surface area contributed by atoms with Crippen LogP contribution in [0.4, 0.5) is 4.79 Å². The SMILES string of the molecule is CC(C)(C)OC(=O)NCCNC1CCCCC1C1CCCCC1. The molecule has 2 unspecified atom stereocenters. The number of carbonyl (C=O) groups is 1. The van der Waals surface area contributed by atoms with Crippen molar-refractivity contribution in [2.45, 2.75) is 90.2 Å².